The second-order valence-electron chi connectivity index (χ2n) is 5.63. The van der Waals surface area contributed by atoms with E-state index >= 15 is 0 Å². The van der Waals surface area contributed by atoms with Crippen LogP contribution >= 0.6 is 15.9 Å². The lowest BCUT2D eigenvalue weighted by Gasteiger charge is -2.36. The molecule has 0 saturated carbocycles. The zero-order valence-corrected chi connectivity index (χ0v) is 13.7. The molecule has 0 spiro atoms. The number of phenols is 2. The van der Waals surface area contributed by atoms with Crippen molar-refractivity contribution in [3.63, 3.8) is 0 Å². The highest BCUT2D eigenvalue weighted by atomic mass is 79.9. The first kappa shape index (κ1) is 16.1. The summed E-state index contributed by atoms with van der Waals surface area (Å²) in [6.45, 7) is 4.16. The fraction of sp³-hybridized carbons (Fsp3) is 0.533. The maximum atomic E-state index is 12.4. The summed E-state index contributed by atoms with van der Waals surface area (Å²) in [5.74, 6) is -0.394. The van der Waals surface area contributed by atoms with Crippen molar-refractivity contribution in [1.29, 1.82) is 0 Å². The molecule has 1 aliphatic heterocycles. The van der Waals surface area contributed by atoms with E-state index < -0.39 is 0 Å². The Labute approximate surface area is 132 Å². The Morgan fingerprint density at radius 2 is 2.10 bits per heavy atom. The third-order valence-electron chi connectivity index (χ3n) is 3.85. The zero-order chi connectivity index (χ0) is 15.7. The van der Waals surface area contributed by atoms with Crippen molar-refractivity contribution in [2.75, 3.05) is 18.1 Å². The van der Waals surface area contributed by atoms with Gasteiger partial charge >= 0.3 is 0 Å². The lowest BCUT2D eigenvalue weighted by Crippen LogP contribution is -2.39. The van der Waals surface area contributed by atoms with Gasteiger partial charge in [0.2, 0.25) is 5.91 Å². The molecule has 1 aromatic carbocycles. The van der Waals surface area contributed by atoms with Gasteiger partial charge in [0.15, 0.2) is 0 Å². The first-order valence-electron chi connectivity index (χ1n) is 7.05. The Bertz CT molecular complexity index is 559. The van der Waals surface area contributed by atoms with Gasteiger partial charge < -0.3 is 20.2 Å². The summed E-state index contributed by atoms with van der Waals surface area (Å²) in [5.41, 5.74) is 1.14. The van der Waals surface area contributed by atoms with E-state index in [9.17, 15) is 20.1 Å². The molecule has 0 aliphatic carbocycles. The predicted molar refractivity (Wildman–Crippen MR) is 83.7 cm³/mol. The predicted octanol–water partition coefficient (Wildman–Crippen LogP) is 2.72. The number of hydrogen-bond acceptors (Lipinski definition) is 4. The number of aromatic hydroxyl groups is 2. The van der Waals surface area contributed by atoms with Crippen LogP contribution in [0.25, 0.3) is 0 Å². The summed E-state index contributed by atoms with van der Waals surface area (Å²) in [5, 5.41) is 29.3. The van der Waals surface area contributed by atoms with Gasteiger partial charge in [-0.25, -0.2) is 0 Å². The smallest absolute Gasteiger partial charge is 0.229 e. The number of aliphatic hydroxyl groups excluding tert-OH is 1. The molecule has 0 fully saturated rings. The highest BCUT2D eigenvalue weighted by Gasteiger charge is 2.34. The van der Waals surface area contributed by atoms with E-state index in [4.69, 9.17) is 0 Å². The first-order chi connectivity index (χ1) is 9.88. The number of carbonyl (C=O) groups is 1. The van der Waals surface area contributed by atoms with Gasteiger partial charge in [-0.05, 0) is 34.7 Å². The number of nitrogens with zero attached hydrogens (tertiary/aromatic N) is 1. The van der Waals surface area contributed by atoms with Crippen LogP contribution < -0.4 is 4.90 Å². The van der Waals surface area contributed by atoms with Gasteiger partial charge in [0.25, 0.3) is 0 Å². The SMILES string of the molecule is CC(C)C(=O)N1CC[C@@H](CCO)c2c(O)cc(O)c(Br)c21. The van der Waals surface area contributed by atoms with E-state index in [1.807, 2.05) is 13.8 Å². The Morgan fingerprint density at radius 1 is 1.43 bits per heavy atom. The Kier molecular flexibility index (Phi) is 4.78. The van der Waals surface area contributed by atoms with E-state index in [0.717, 1.165) is 0 Å². The summed E-state index contributed by atoms with van der Waals surface area (Å²) in [6, 6.07) is 1.27. The summed E-state index contributed by atoms with van der Waals surface area (Å²) in [7, 11) is 0. The van der Waals surface area contributed by atoms with Gasteiger partial charge in [-0.15, -0.1) is 0 Å². The monoisotopic (exact) mass is 357 g/mol. The van der Waals surface area contributed by atoms with Crippen molar-refractivity contribution in [3.05, 3.63) is 16.1 Å². The molecule has 0 unspecified atom stereocenters. The van der Waals surface area contributed by atoms with Crippen LogP contribution in [0.4, 0.5) is 5.69 Å². The quantitative estimate of drug-likeness (QED) is 0.776. The molecular weight excluding hydrogens is 338 g/mol. The molecule has 0 radical (unpaired) electrons. The molecule has 3 N–H and O–H groups in total. The Hall–Kier alpha value is -1.27. The van der Waals surface area contributed by atoms with E-state index in [1.165, 1.54) is 6.07 Å². The number of anilines is 1. The largest absolute Gasteiger partial charge is 0.507 e. The van der Waals surface area contributed by atoms with Gasteiger partial charge in [0, 0.05) is 30.7 Å². The number of halogens is 1. The van der Waals surface area contributed by atoms with Crippen molar-refractivity contribution in [1.82, 2.24) is 0 Å². The standard InChI is InChI=1S/C15H20BrNO4/c1-8(2)15(21)17-5-3-9(4-6-18)12-10(19)7-11(20)13(16)14(12)17/h7-9,18-20H,3-6H2,1-2H3/t9-/m0/s1. The Morgan fingerprint density at radius 3 is 2.67 bits per heavy atom. The van der Waals surface area contributed by atoms with E-state index in [-0.39, 0.29) is 35.8 Å². The van der Waals surface area contributed by atoms with E-state index in [1.54, 1.807) is 4.90 Å². The van der Waals surface area contributed by atoms with Crippen molar-refractivity contribution < 1.29 is 20.1 Å². The first-order valence-corrected chi connectivity index (χ1v) is 7.84. The van der Waals surface area contributed by atoms with Crippen LogP contribution in [-0.2, 0) is 4.79 Å². The molecule has 116 valence electrons. The van der Waals surface area contributed by atoms with Gasteiger partial charge in [0.1, 0.15) is 11.5 Å². The van der Waals surface area contributed by atoms with Gasteiger partial charge in [-0.2, -0.15) is 0 Å². The topological polar surface area (TPSA) is 81.0 Å². The van der Waals surface area contributed by atoms with Gasteiger partial charge in [-0.3, -0.25) is 4.79 Å². The molecule has 2 rings (SSSR count). The number of aliphatic hydroxyl groups is 1. The molecule has 1 aliphatic rings. The molecule has 1 amide bonds. The molecule has 1 aromatic rings. The minimum Gasteiger partial charge on any atom is -0.507 e. The van der Waals surface area contributed by atoms with Crippen molar-refractivity contribution in [3.8, 4) is 11.5 Å². The summed E-state index contributed by atoms with van der Waals surface area (Å²) < 4.78 is 0.409. The van der Waals surface area contributed by atoms with Crippen molar-refractivity contribution in [2.45, 2.75) is 32.6 Å². The summed E-state index contributed by atoms with van der Waals surface area (Å²) in [6.07, 6.45) is 1.19. The highest BCUT2D eigenvalue weighted by molar-refractivity contribution is 9.10. The van der Waals surface area contributed by atoms with Crippen LogP contribution in [0.1, 0.15) is 38.2 Å². The van der Waals surface area contributed by atoms with Gasteiger partial charge in [-0.1, -0.05) is 13.8 Å². The van der Waals surface area contributed by atoms with Gasteiger partial charge in [0.05, 0.1) is 10.2 Å². The van der Waals surface area contributed by atoms with E-state index in [2.05, 4.69) is 15.9 Å². The lowest BCUT2D eigenvalue weighted by molar-refractivity contribution is -0.121. The molecule has 1 heterocycles. The van der Waals surface area contributed by atoms with E-state index in [0.29, 0.717) is 35.1 Å². The molecule has 5 nitrogen and oxygen atoms in total. The van der Waals surface area contributed by atoms with Crippen molar-refractivity contribution >= 4 is 27.5 Å². The van der Waals surface area contributed by atoms with Crippen molar-refractivity contribution in [2.24, 2.45) is 5.92 Å². The zero-order valence-electron chi connectivity index (χ0n) is 12.1. The molecule has 1 atom stereocenters. The second kappa shape index (κ2) is 6.23. The molecule has 21 heavy (non-hydrogen) atoms. The Balaban J connectivity index is 2.60. The fourth-order valence-electron chi connectivity index (χ4n) is 2.82. The summed E-state index contributed by atoms with van der Waals surface area (Å²) >= 11 is 3.32. The maximum absolute atomic E-state index is 12.4. The van der Waals surface area contributed by atoms with Crippen LogP contribution in [-0.4, -0.2) is 34.4 Å². The van der Waals surface area contributed by atoms with Crippen LogP contribution in [0.2, 0.25) is 0 Å². The fourth-order valence-corrected chi connectivity index (χ4v) is 3.36. The molecule has 0 bridgehead atoms. The minimum atomic E-state index is -0.177. The number of rotatable bonds is 3. The maximum Gasteiger partial charge on any atom is 0.229 e. The number of hydrogen-bond donors (Lipinski definition) is 3. The molecule has 0 saturated heterocycles. The number of carbonyl (C=O) groups excluding carboxylic acids is 1. The van der Waals surface area contributed by atoms with Crippen LogP contribution in [0, 0.1) is 5.92 Å². The van der Waals surface area contributed by atoms with Crippen LogP contribution in [0.5, 0.6) is 11.5 Å². The minimum absolute atomic E-state index is 0.0141. The third kappa shape index (κ3) is 2.87. The normalized spacial score (nSPS) is 18.0. The average Bonchev–Trinajstić information content (AvgIpc) is 2.43. The average molecular weight is 358 g/mol. The molecule has 0 aromatic heterocycles. The molecule has 6 heteroatoms. The summed E-state index contributed by atoms with van der Waals surface area (Å²) in [4.78, 5) is 14.0. The number of phenolic OH excluding ortho intramolecular Hbond substituents is 2. The number of fused-ring (bicyclic) bond motifs is 1. The lowest BCUT2D eigenvalue weighted by atomic mass is 9.86. The third-order valence-corrected chi connectivity index (χ3v) is 4.64. The second-order valence-corrected chi connectivity index (χ2v) is 6.43. The number of benzene rings is 1. The van der Waals surface area contributed by atoms with Crippen LogP contribution in [0.3, 0.4) is 0 Å². The molecular formula is C15H20BrNO4. The van der Waals surface area contributed by atoms with Crippen LogP contribution in [0.15, 0.2) is 10.5 Å². The highest BCUT2D eigenvalue weighted by Crippen LogP contribution is 2.50. The number of amides is 1.